The first kappa shape index (κ1) is 26.0. The fraction of sp³-hybridized carbons (Fsp3) is 0.520. The second kappa shape index (κ2) is 12.7. The van der Waals surface area contributed by atoms with Gasteiger partial charge in [0, 0.05) is 24.8 Å². The molecule has 170 valence electrons. The van der Waals surface area contributed by atoms with Gasteiger partial charge < -0.3 is 44.4 Å². The third-order valence-corrected chi connectivity index (χ3v) is 7.00. The van der Waals surface area contributed by atoms with Crippen molar-refractivity contribution in [3.8, 4) is 0 Å². The molecule has 0 bridgehead atoms. The number of allylic oxidation sites excluding steroid dienone is 3. The van der Waals surface area contributed by atoms with Crippen LogP contribution in [0, 0.1) is 6.08 Å². The van der Waals surface area contributed by atoms with Crippen molar-refractivity contribution in [1.82, 2.24) is 9.80 Å². The third-order valence-electron chi connectivity index (χ3n) is 5.90. The lowest BCUT2D eigenvalue weighted by Gasteiger charge is -2.23. The monoisotopic (exact) mass is 552 g/mol. The van der Waals surface area contributed by atoms with E-state index in [1.807, 2.05) is 11.8 Å². The van der Waals surface area contributed by atoms with Crippen molar-refractivity contribution in [3.05, 3.63) is 52.7 Å². The maximum Gasteiger partial charge on any atom is 0.222 e. The van der Waals surface area contributed by atoms with E-state index in [9.17, 15) is 0 Å². The second-order valence-corrected chi connectivity index (χ2v) is 9.01. The fourth-order valence-corrected chi connectivity index (χ4v) is 5.03. The molecule has 0 spiro atoms. The zero-order valence-corrected chi connectivity index (χ0v) is 22.6. The van der Waals surface area contributed by atoms with Crippen molar-refractivity contribution in [3.63, 3.8) is 0 Å². The number of hydrogen-bond donors (Lipinski definition) is 2. The summed E-state index contributed by atoms with van der Waals surface area (Å²) in [4.78, 5) is 7.38. The lowest BCUT2D eigenvalue weighted by molar-refractivity contribution is -0.00000639. The maximum absolute atomic E-state index is 3.70. The highest BCUT2D eigenvalue weighted by Crippen LogP contribution is 2.43. The number of likely N-dealkylation sites (N-methyl/N-ethyl adjacent to an activating group) is 1. The topological polar surface area (TPSA) is 30.5 Å². The summed E-state index contributed by atoms with van der Waals surface area (Å²) in [7, 11) is 0. The van der Waals surface area contributed by atoms with E-state index in [1.165, 1.54) is 46.3 Å². The number of anilines is 2. The standard InChI is InChI=1S/C25H37N4S.HI/c1-6-28(7-2)16-10-11-19(5)26-20-12-14-22-24(17-20)30-25-18-21(29(8-3)9-4)13-15-23(25)27-22;/h12-14,17-19,26-27H,6-11,16H2,1-5H3;1H/q+1;/p-1. The molecule has 0 fully saturated rings. The van der Waals surface area contributed by atoms with Crippen LogP contribution >= 0.6 is 11.8 Å². The number of hydrogen-bond acceptors (Lipinski definition) is 5. The summed E-state index contributed by atoms with van der Waals surface area (Å²) in [5.41, 5.74) is 4.69. The smallest absolute Gasteiger partial charge is 0.222 e. The van der Waals surface area contributed by atoms with E-state index in [2.05, 4.69) is 91.5 Å². The van der Waals surface area contributed by atoms with Gasteiger partial charge in [-0.2, -0.15) is 0 Å². The average molecular weight is 553 g/mol. The van der Waals surface area contributed by atoms with E-state index in [0.29, 0.717) is 6.04 Å². The normalized spacial score (nSPS) is 15.2. The Hall–Kier alpha value is -1.21. The Bertz CT molecular complexity index is 810. The highest BCUT2D eigenvalue weighted by Gasteiger charge is 2.28. The molecule has 0 saturated heterocycles. The highest BCUT2D eigenvalue weighted by molar-refractivity contribution is 8.03. The number of halogens is 1. The van der Waals surface area contributed by atoms with E-state index in [0.717, 1.165) is 31.9 Å². The minimum Gasteiger partial charge on any atom is -1.00 e. The predicted octanol–water partition coefficient (Wildman–Crippen LogP) is 2.94. The molecule has 1 aliphatic carbocycles. The highest BCUT2D eigenvalue weighted by atomic mass is 127. The number of nitrogens with one attached hydrogen (secondary N) is 2. The van der Waals surface area contributed by atoms with E-state index in [-0.39, 0.29) is 24.0 Å². The fourth-order valence-electron chi connectivity index (χ4n) is 3.99. The summed E-state index contributed by atoms with van der Waals surface area (Å²) in [5.74, 6) is 0. The molecular weight excluding hydrogens is 515 g/mol. The lowest BCUT2D eigenvalue weighted by atomic mass is 10.1. The van der Waals surface area contributed by atoms with Crippen LogP contribution in [-0.4, -0.2) is 48.6 Å². The van der Waals surface area contributed by atoms with Gasteiger partial charge in [0.15, 0.2) is 10.6 Å². The Morgan fingerprint density at radius 1 is 1.10 bits per heavy atom. The molecule has 0 radical (unpaired) electrons. The van der Waals surface area contributed by atoms with Crippen molar-refractivity contribution in [2.75, 3.05) is 43.4 Å². The van der Waals surface area contributed by atoms with E-state index < -0.39 is 0 Å². The average Bonchev–Trinajstić information content (AvgIpc) is 2.76. The molecule has 1 aromatic carbocycles. The van der Waals surface area contributed by atoms with Gasteiger partial charge in [0.1, 0.15) is 6.08 Å². The van der Waals surface area contributed by atoms with Crippen LogP contribution in [0.1, 0.15) is 47.5 Å². The van der Waals surface area contributed by atoms with E-state index >= 15 is 0 Å². The van der Waals surface area contributed by atoms with Crippen LogP contribution in [0.15, 0.2) is 51.5 Å². The molecule has 4 nitrogen and oxygen atoms in total. The van der Waals surface area contributed by atoms with Crippen LogP contribution in [0.25, 0.3) is 0 Å². The predicted molar refractivity (Wildman–Crippen MR) is 132 cm³/mol. The van der Waals surface area contributed by atoms with Gasteiger partial charge in [0.05, 0.1) is 22.7 Å². The van der Waals surface area contributed by atoms with Gasteiger partial charge in [0.2, 0.25) is 5.70 Å². The second-order valence-electron chi connectivity index (χ2n) is 7.92. The zero-order chi connectivity index (χ0) is 21.5. The lowest BCUT2D eigenvalue weighted by Crippen LogP contribution is -3.00. The molecule has 1 heterocycles. The number of nitrogens with zero attached hydrogens (tertiary/aromatic N) is 2. The molecule has 6 heteroatoms. The molecule has 0 aromatic heterocycles. The molecule has 1 aromatic rings. The Morgan fingerprint density at radius 3 is 2.52 bits per heavy atom. The van der Waals surface area contributed by atoms with E-state index in [4.69, 9.17) is 0 Å². The molecule has 1 atom stereocenters. The van der Waals surface area contributed by atoms with Crippen molar-refractivity contribution < 1.29 is 24.0 Å². The Kier molecular flexibility index (Phi) is 10.7. The molecule has 3 rings (SSSR count). The Balaban J connectivity index is 0.00000341. The number of rotatable bonds is 11. The van der Waals surface area contributed by atoms with Gasteiger partial charge in [-0.1, -0.05) is 13.8 Å². The molecule has 0 amide bonds. The van der Waals surface area contributed by atoms with Crippen LogP contribution in [0.5, 0.6) is 0 Å². The Labute approximate surface area is 210 Å². The summed E-state index contributed by atoms with van der Waals surface area (Å²) >= 11 is 1.84. The largest absolute Gasteiger partial charge is 1.00 e. The summed E-state index contributed by atoms with van der Waals surface area (Å²) in [5, 5.41) is 7.25. The van der Waals surface area contributed by atoms with Gasteiger partial charge in [-0.25, -0.2) is 0 Å². The van der Waals surface area contributed by atoms with Crippen LogP contribution in [0.4, 0.5) is 11.4 Å². The van der Waals surface area contributed by atoms with Crippen LogP contribution < -0.4 is 34.6 Å². The van der Waals surface area contributed by atoms with Crippen LogP contribution in [-0.2, 0) is 0 Å². The zero-order valence-electron chi connectivity index (χ0n) is 19.6. The van der Waals surface area contributed by atoms with Gasteiger partial charge >= 0.3 is 0 Å². The Morgan fingerprint density at radius 2 is 1.84 bits per heavy atom. The molecular formula is C25H37IN4S. The first-order valence-corrected chi connectivity index (χ1v) is 12.3. The molecule has 1 aliphatic heterocycles. The van der Waals surface area contributed by atoms with Gasteiger partial charge in [0.25, 0.3) is 0 Å². The molecule has 0 saturated carbocycles. The summed E-state index contributed by atoms with van der Waals surface area (Å²) in [6, 6.07) is 7.11. The van der Waals surface area contributed by atoms with Crippen molar-refractivity contribution >= 4 is 23.1 Å². The molecule has 31 heavy (non-hydrogen) atoms. The van der Waals surface area contributed by atoms with Crippen LogP contribution in [0.3, 0.4) is 0 Å². The minimum absolute atomic E-state index is 0. The van der Waals surface area contributed by atoms with Crippen molar-refractivity contribution in [1.29, 1.82) is 0 Å². The number of thioether (sulfide) groups is 1. The summed E-state index contributed by atoms with van der Waals surface area (Å²) in [6.07, 6.45) is 10.2. The summed E-state index contributed by atoms with van der Waals surface area (Å²) < 4.78 is 0. The number of fused-ring (bicyclic) bond motifs is 1. The SMILES string of the molecule is CCN(CC)CCCC(C)Nc1ccc2c(c1)SC1=C([C+]=CC(N(CC)CC)=C1)N2.[I-]. The van der Waals surface area contributed by atoms with Gasteiger partial charge in [-0.05, 0) is 83.2 Å². The van der Waals surface area contributed by atoms with Crippen LogP contribution in [0.2, 0.25) is 0 Å². The van der Waals surface area contributed by atoms with Gasteiger partial charge in [-0.3, -0.25) is 0 Å². The molecule has 1 unspecified atom stereocenters. The third kappa shape index (κ3) is 6.88. The van der Waals surface area contributed by atoms with Crippen molar-refractivity contribution in [2.45, 2.75) is 58.4 Å². The molecule has 2 N–H and O–H groups in total. The first-order valence-electron chi connectivity index (χ1n) is 11.5. The summed E-state index contributed by atoms with van der Waals surface area (Å²) in [6.45, 7) is 16.7. The van der Waals surface area contributed by atoms with Crippen molar-refractivity contribution in [2.24, 2.45) is 0 Å². The quantitative estimate of drug-likeness (QED) is 0.326. The van der Waals surface area contributed by atoms with Gasteiger partial charge in [-0.15, -0.1) is 0 Å². The molecule has 2 aliphatic rings. The number of benzene rings is 1. The minimum atomic E-state index is 0. The van der Waals surface area contributed by atoms with E-state index in [1.54, 1.807) is 0 Å². The maximum atomic E-state index is 3.70. The first-order chi connectivity index (χ1) is 14.6.